The van der Waals surface area contributed by atoms with Gasteiger partial charge in [0.1, 0.15) is 17.7 Å². The van der Waals surface area contributed by atoms with E-state index in [4.69, 9.17) is 5.11 Å². The number of aryl methyl sites for hydroxylation is 1. The second kappa shape index (κ2) is 6.11. The number of rotatable bonds is 4. The van der Waals surface area contributed by atoms with Crippen LogP contribution in [0.5, 0.6) is 0 Å². The summed E-state index contributed by atoms with van der Waals surface area (Å²) in [7, 11) is 0. The molecule has 2 aliphatic heterocycles. The highest BCUT2D eigenvalue weighted by atomic mass is 16.4. The molecule has 1 aromatic rings. The maximum Gasteiger partial charge on any atom is 0.320 e. The first-order valence-electron chi connectivity index (χ1n) is 7.75. The third-order valence-corrected chi connectivity index (χ3v) is 4.61. The van der Waals surface area contributed by atoms with E-state index in [2.05, 4.69) is 19.7 Å². The Balaban J connectivity index is 1.56. The fraction of sp³-hybridized carbons (Fsp3) is 0.786. The van der Waals surface area contributed by atoms with Crippen LogP contribution in [0.2, 0.25) is 0 Å². The van der Waals surface area contributed by atoms with Crippen LogP contribution >= 0.6 is 0 Å². The van der Waals surface area contributed by atoms with E-state index in [1.807, 2.05) is 4.90 Å². The normalized spacial score (nSPS) is 22.0. The van der Waals surface area contributed by atoms with Gasteiger partial charge in [-0.3, -0.25) is 14.6 Å². The summed E-state index contributed by atoms with van der Waals surface area (Å²) in [4.78, 5) is 15.4. The van der Waals surface area contributed by atoms with Crippen LogP contribution in [-0.2, 0) is 24.3 Å². The number of hydrogen-bond acceptors (Lipinski definition) is 5. The molecule has 0 aromatic carbocycles. The fourth-order valence-corrected chi connectivity index (χ4v) is 3.15. The van der Waals surface area contributed by atoms with Crippen molar-refractivity contribution in [3.8, 4) is 0 Å². The van der Waals surface area contributed by atoms with Crippen LogP contribution in [0.25, 0.3) is 0 Å². The molecule has 0 radical (unpaired) electrons. The molecule has 0 bridgehead atoms. The Labute approximate surface area is 124 Å². The minimum atomic E-state index is -0.741. The number of hydrogen-bond donors (Lipinski definition) is 1. The Morgan fingerprint density at radius 3 is 2.67 bits per heavy atom. The molecule has 0 amide bonds. The van der Waals surface area contributed by atoms with E-state index in [1.54, 1.807) is 6.92 Å². The lowest BCUT2D eigenvalue weighted by atomic mass is 10.1. The maximum atomic E-state index is 11.0. The molecule has 0 aliphatic carbocycles. The zero-order valence-corrected chi connectivity index (χ0v) is 12.5. The van der Waals surface area contributed by atoms with Crippen molar-refractivity contribution in [3.05, 3.63) is 11.6 Å². The van der Waals surface area contributed by atoms with E-state index in [9.17, 15) is 4.79 Å². The van der Waals surface area contributed by atoms with Gasteiger partial charge in [0.05, 0.1) is 6.54 Å². The number of carboxylic acid groups (broad SMARTS) is 1. The van der Waals surface area contributed by atoms with Gasteiger partial charge in [-0.05, 0) is 19.8 Å². The number of nitrogens with zero attached hydrogens (tertiary/aromatic N) is 5. The summed E-state index contributed by atoms with van der Waals surface area (Å²) in [5.41, 5.74) is 0. The largest absolute Gasteiger partial charge is 0.480 e. The Morgan fingerprint density at radius 1 is 1.19 bits per heavy atom. The average Bonchev–Trinajstić information content (AvgIpc) is 2.91. The molecule has 21 heavy (non-hydrogen) atoms. The lowest BCUT2D eigenvalue weighted by Gasteiger charge is -2.36. The summed E-state index contributed by atoms with van der Waals surface area (Å²) in [6.07, 6.45) is 3.46. The number of piperazine rings is 1. The van der Waals surface area contributed by atoms with Crippen molar-refractivity contribution in [3.63, 3.8) is 0 Å². The minimum Gasteiger partial charge on any atom is -0.480 e. The predicted octanol–water partition coefficient (Wildman–Crippen LogP) is 0.205. The second-order valence-electron chi connectivity index (χ2n) is 5.97. The van der Waals surface area contributed by atoms with Crippen molar-refractivity contribution in [2.75, 3.05) is 26.2 Å². The van der Waals surface area contributed by atoms with E-state index in [-0.39, 0.29) is 0 Å². The van der Waals surface area contributed by atoms with E-state index >= 15 is 0 Å². The minimum absolute atomic E-state index is 0.395. The van der Waals surface area contributed by atoms with Gasteiger partial charge >= 0.3 is 5.97 Å². The predicted molar refractivity (Wildman–Crippen MR) is 76.9 cm³/mol. The molecule has 1 aromatic heterocycles. The van der Waals surface area contributed by atoms with Crippen LogP contribution in [0.3, 0.4) is 0 Å². The molecule has 1 N–H and O–H groups in total. The van der Waals surface area contributed by atoms with Crippen LogP contribution in [0, 0.1) is 0 Å². The Morgan fingerprint density at radius 2 is 1.95 bits per heavy atom. The van der Waals surface area contributed by atoms with E-state index in [0.29, 0.717) is 0 Å². The first-order chi connectivity index (χ1) is 10.1. The first kappa shape index (κ1) is 14.5. The summed E-state index contributed by atoms with van der Waals surface area (Å²) in [5.74, 6) is 1.44. The van der Waals surface area contributed by atoms with E-state index in [0.717, 1.165) is 57.3 Å². The molecule has 1 atom stereocenters. The molecule has 7 heteroatoms. The van der Waals surface area contributed by atoms with Crippen molar-refractivity contribution in [2.45, 2.75) is 45.3 Å². The monoisotopic (exact) mass is 293 g/mol. The summed E-state index contributed by atoms with van der Waals surface area (Å²) < 4.78 is 2.26. The fourth-order valence-electron chi connectivity index (χ4n) is 3.15. The molecule has 1 saturated heterocycles. The quantitative estimate of drug-likeness (QED) is 0.855. The summed E-state index contributed by atoms with van der Waals surface area (Å²) in [5, 5.41) is 17.7. The summed E-state index contributed by atoms with van der Waals surface area (Å²) in [6.45, 7) is 6.99. The van der Waals surface area contributed by atoms with Gasteiger partial charge in [-0.1, -0.05) is 0 Å². The molecule has 1 unspecified atom stereocenters. The molecule has 0 spiro atoms. The molecular weight excluding hydrogens is 270 g/mol. The number of aromatic nitrogens is 3. The Bertz CT molecular complexity index is 507. The molecular formula is C14H23N5O2. The molecule has 0 saturated carbocycles. The third kappa shape index (κ3) is 3.08. The van der Waals surface area contributed by atoms with Crippen molar-refractivity contribution in [1.29, 1.82) is 0 Å². The van der Waals surface area contributed by atoms with Gasteiger partial charge < -0.3 is 9.67 Å². The van der Waals surface area contributed by atoms with Crippen LogP contribution in [-0.4, -0.2) is 67.9 Å². The van der Waals surface area contributed by atoms with Crippen LogP contribution in [0.15, 0.2) is 0 Å². The van der Waals surface area contributed by atoms with Gasteiger partial charge in [-0.25, -0.2) is 0 Å². The van der Waals surface area contributed by atoms with Gasteiger partial charge in [0.2, 0.25) is 0 Å². The Hall–Kier alpha value is -1.47. The zero-order chi connectivity index (χ0) is 14.8. The van der Waals surface area contributed by atoms with Gasteiger partial charge in [-0.2, -0.15) is 0 Å². The topological polar surface area (TPSA) is 74.5 Å². The third-order valence-electron chi connectivity index (χ3n) is 4.61. The van der Waals surface area contributed by atoms with Crippen molar-refractivity contribution < 1.29 is 9.90 Å². The van der Waals surface area contributed by atoms with Gasteiger partial charge in [-0.15, -0.1) is 10.2 Å². The number of aliphatic carboxylic acids is 1. The number of carbonyl (C=O) groups is 1. The van der Waals surface area contributed by atoms with E-state index in [1.165, 1.54) is 12.8 Å². The SMILES string of the molecule is CC(C(=O)O)N1CCN(Cc2nnc3n2CCCC3)CC1. The van der Waals surface area contributed by atoms with Crippen molar-refractivity contribution in [1.82, 2.24) is 24.6 Å². The van der Waals surface area contributed by atoms with Gasteiger partial charge in [0, 0.05) is 39.1 Å². The smallest absolute Gasteiger partial charge is 0.320 e. The molecule has 1 fully saturated rings. The summed E-state index contributed by atoms with van der Waals surface area (Å²) >= 11 is 0. The van der Waals surface area contributed by atoms with Crippen LogP contribution in [0.4, 0.5) is 0 Å². The lowest BCUT2D eigenvalue weighted by molar-refractivity contribution is -0.143. The molecule has 2 aliphatic rings. The highest BCUT2D eigenvalue weighted by Crippen LogP contribution is 2.16. The number of fused-ring (bicyclic) bond motifs is 1. The standard InChI is InChI=1S/C14H23N5O2/c1-11(14(20)21)18-8-6-17(7-9-18)10-13-16-15-12-4-2-3-5-19(12)13/h11H,2-10H2,1H3,(H,20,21). The van der Waals surface area contributed by atoms with Gasteiger partial charge in [0.15, 0.2) is 0 Å². The molecule has 3 heterocycles. The molecule has 3 rings (SSSR count). The highest BCUT2D eigenvalue weighted by molar-refractivity contribution is 5.72. The molecule has 116 valence electrons. The highest BCUT2D eigenvalue weighted by Gasteiger charge is 2.26. The van der Waals surface area contributed by atoms with Crippen molar-refractivity contribution >= 4 is 5.97 Å². The van der Waals surface area contributed by atoms with Crippen LogP contribution < -0.4 is 0 Å². The first-order valence-corrected chi connectivity index (χ1v) is 7.75. The average molecular weight is 293 g/mol. The van der Waals surface area contributed by atoms with Crippen molar-refractivity contribution in [2.24, 2.45) is 0 Å². The Kier molecular flexibility index (Phi) is 4.21. The van der Waals surface area contributed by atoms with E-state index < -0.39 is 12.0 Å². The lowest BCUT2D eigenvalue weighted by Crippen LogP contribution is -2.51. The second-order valence-corrected chi connectivity index (χ2v) is 5.97. The van der Waals surface area contributed by atoms with Gasteiger partial charge in [0.25, 0.3) is 0 Å². The number of carboxylic acids is 1. The maximum absolute atomic E-state index is 11.0. The van der Waals surface area contributed by atoms with Crippen LogP contribution in [0.1, 0.15) is 31.4 Å². The molecule has 7 nitrogen and oxygen atoms in total. The zero-order valence-electron chi connectivity index (χ0n) is 12.5. The summed E-state index contributed by atoms with van der Waals surface area (Å²) in [6, 6.07) is -0.395.